The van der Waals surface area contributed by atoms with Crippen LogP contribution in [-0.4, -0.2) is 35.4 Å². The van der Waals surface area contributed by atoms with Gasteiger partial charge in [0.05, 0.1) is 12.8 Å². The van der Waals surface area contributed by atoms with Crippen molar-refractivity contribution < 1.29 is 9.53 Å². The van der Waals surface area contributed by atoms with Crippen molar-refractivity contribution in [3.63, 3.8) is 0 Å². The van der Waals surface area contributed by atoms with E-state index < -0.39 is 0 Å². The first-order chi connectivity index (χ1) is 11.8. The lowest BCUT2D eigenvalue weighted by Gasteiger charge is -2.21. The van der Waals surface area contributed by atoms with E-state index in [9.17, 15) is 4.79 Å². The molecule has 0 aliphatic carbocycles. The number of hydrogen-bond acceptors (Lipinski definition) is 5. The highest BCUT2D eigenvalue weighted by Gasteiger charge is 2.18. The Bertz CT molecular complexity index is 665. The summed E-state index contributed by atoms with van der Waals surface area (Å²) in [4.78, 5) is 14.8. The van der Waals surface area contributed by atoms with E-state index in [2.05, 4.69) is 9.69 Å². The Labute approximate surface area is 146 Å². The van der Waals surface area contributed by atoms with Crippen LogP contribution in [0, 0.1) is 0 Å². The second-order valence-corrected chi connectivity index (χ2v) is 6.67. The SMILES string of the molecule is COc1ccc(C(=O)N2CCCCCC2)cc1NCc1cnsc1. The van der Waals surface area contributed by atoms with Gasteiger partial charge in [-0.15, -0.1) is 0 Å². The van der Waals surface area contributed by atoms with Gasteiger partial charge in [-0.3, -0.25) is 4.79 Å². The summed E-state index contributed by atoms with van der Waals surface area (Å²) in [6.45, 7) is 2.37. The first-order valence-electron chi connectivity index (χ1n) is 8.37. The number of anilines is 1. The van der Waals surface area contributed by atoms with Crippen LogP contribution in [0.15, 0.2) is 29.8 Å². The molecule has 1 fully saturated rings. The monoisotopic (exact) mass is 345 g/mol. The van der Waals surface area contributed by atoms with Crippen LogP contribution < -0.4 is 10.1 Å². The van der Waals surface area contributed by atoms with Crippen molar-refractivity contribution in [2.24, 2.45) is 0 Å². The standard InChI is InChI=1S/C18H23N3O2S/c1-23-17-7-6-15(18(22)21-8-4-2-3-5-9-21)10-16(17)19-11-14-12-20-24-13-14/h6-7,10,12-13,19H,2-5,8-9,11H2,1H3. The Morgan fingerprint density at radius 1 is 1.29 bits per heavy atom. The zero-order chi connectivity index (χ0) is 16.8. The lowest BCUT2D eigenvalue weighted by molar-refractivity contribution is 0.0761. The number of likely N-dealkylation sites (tertiary alicyclic amines) is 1. The third-order valence-corrected chi connectivity index (χ3v) is 4.94. The van der Waals surface area contributed by atoms with Crippen molar-refractivity contribution >= 4 is 23.1 Å². The molecule has 24 heavy (non-hydrogen) atoms. The molecule has 1 aliphatic rings. The van der Waals surface area contributed by atoms with E-state index in [0.29, 0.717) is 12.1 Å². The summed E-state index contributed by atoms with van der Waals surface area (Å²) >= 11 is 1.43. The Balaban J connectivity index is 1.75. The molecule has 6 heteroatoms. The van der Waals surface area contributed by atoms with Gasteiger partial charge in [-0.25, -0.2) is 4.37 Å². The largest absolute Gasteiger partial charge is 0.495 e. The summed E-state index contributed by atoms with van der Waals surface area (Å²) in [5, 5.41) is 5.35. The van der Waals surface area contributed by atoms with Crippen LogP contribution in [0.3, 0.4) is 0 Å². The fraction of sp³-hybridized carbons (Fsp3) is 0.444. The normalized spacial score (nSPS) is 15.0. The van der Waals surface area contributed by atoms with Gasteiger partial charge in [-0.1, -0.05) is 12.8 Å². The second kappa shape index (κ2) is 8.15. The van der Waals surface area contributed by atoms with E-state index >= 15 is 0 Å². The number of benzene rings is 1. The number of carbonyl (C=O) groups excluding carboxylic acids is 1. The highest BCUT2D eigenvalue weighted by atomic mass is 32.1. The number of nitrogens with zero attached hydrogens (tertiary/aromatic N) is 2. The predicted molar refractivity (Wildman–Crippen MR) is 96.8 cm³/mol. The molecule has 5 nitrogen and oxygen atoms in total. The van der Waals surface area contributed by atoms with Crippen LogP contribution >= 0.6 is 11.5 Å². The zero-order valence-corrected chi connectivity index (χ0v) is 14.8. The molecule has 0 spiro atoms. The minimum absolute atomic E-state index is 0.111. The van der Waals surface area contributed by atoms with Crippen LogP contribution in [0.25, 0.3) is 0 Å². The summed E-state index contributed by atoms with van der Waals surface area (Å²) in [6, 6.07) is 5.61. The molecule has 0 atom stereocenters. The van der Waals surface area contributed by atoms with Crippen molar-refractivity contribution in [3.05, 3.63) is 40.9 Å². The van der Waals surface area contributed by atoms with Crippen molar-refractivity contribution in [2.75, 3.05) is 25.5 Å². The van der Waals surface area contributed by atoms with Crippen molar-refractivity contribution in [3.8, 4) is 5.75 Å². The smallest absolute Gasteiger partial charge is 0.253 e. The molecule has 0 saturated carbocycles. The minimum atomic E-state index is 0.111. The van der Waals surface area contributed by atoms with Gasteiger partial charge in [0.2, 0.25) is 0 Å². The summed E-state index contributed by atoms with van der Waals surface area (Å²) in [5.74, 6) is 0.852. The Morgan fingerprint density at radius 3 is 2.75 bits per heavy atom. The Hall–Kier alpha value is -2.08. The molecule has 0 radical (unpaired) electrons. The number of aromatic nitrogens is 1. The van der Waals surface area contributed by atoms with E-state index in [1.165, 1.54) is 24.4 Å². The first-order valence-corrected chi connectivity index (χ1v) is 9.21. The first kappa shape index (κ1) is 16.8. The maximum atomic E-state index is 12.8. The van der Waals surface area contributed by atoms with E-state index in [-0.39, 0.29) is 5.91 Å². The van der Waals surface area contributed by atoms with Gasteiger partial charge in [0.1, 0.15) is 5.75 Å². The minimum Gasteiger partial charge on any atom is -0.495 e. The topological polar surface area (TPSA) is 54.5 Å². The number of amides is 1. The third kappa shape index (κ3) is 4.06. The predicted octanol–water partition coefficient (Wildman–Crippen LogP) is 3.78. The van der Waals surface area contributed by atoms with Gasteiger partial charge in [0, 0.05) is 42.3 Å². The fourth-order valence-electron chi connectivity index (χ4n) is 2.95. The fourth-order valence-corrected chi connectivity index (χ4v) is 3.48. The number of rotatable bonds is 5. The molecule has 1 aromatic heterocycles. The molecule has 1 aromatic carbocycles. The third-order valence-electron chi connectivity index (χ3n) is 4.31. The van der Waals surface area contributed by atoms with Gasteiger partial charge >= 0.3 is 0 Å². The van der Waals surface area contributed by atoms with E-state index in [4.69, 9.17) is 4.74 Å². The highest BCUT2D eigenvalue weighted by Crippen LogP contribution is 2.27. The summed E-state index contributed by atoms with van der Waals surface area (Å²) in [5.41, 5.74) is 2.67. The van der Waals surface area contributed by atoms with Gasteiger partial charge in [0.15, 0.2) is 0 Å². The van der Waals surface area contributed by atoms with Crippen molar-refractivity contribution in [1.82, 2.24) is 9.27 Å². The molecule has 1 amide bonds. The summed E-state index contributed by atoms with van der Waals surface area (Å²) < 4.78 is 9.52. The quantitative estimate of drug-likeness (QED) is 0.896. The molecular weight excluding hydrogens is 322 g/mol. The second-order valence-electron chi connectivity index (χ2n) is 6.01. The summed E-state index contributed by atoms with van der Waals surface area (Å²) in [6.07, 6.45) is 6.47. The molecule has 3 rings (SSSR count). The van der Waals surface area contributed by atoms with Crippen LogP contribution in [0.2, 0.25) is 0 Å². The highest BCUT2D eigenvalue weighted by molar-refractivity contribution is 7.03. The van der Waals surface area contributed by atoms with Crippen LogP contribution in [0.1, 0.15) is 41.6 Å². The maximum Gasteiger partial charge on any atom is 0.253 e. The maximum absolute atomic E-state index is 12.8. The number of carbonyl (C=O) groups is 1. The van der Waals surface area contributed by atoms with Gasteiger partial charge < -0.3 is 15.0 Å². The Kier molecular flexibility index (Phi) is 5.69. The average Bonchev–Trinajstić information content (AvgIpc) is 2.99. The van der Waals surface area contributed by atoms with E-state index in [1.54, 1.807) is 7.11 Å². The molecule has 0 bridgehead atoms. The van der Waals surface area contributed by atoms with E-state index in [1.807, 2.05) is 34.7 Å². The van der Waals surface area contributed by atoms with Gasteiger partial charge in [-0.2, -0.15) is 0 Å². The molecule has 1 saturated heterocycles. The van der Waals surface area contributed by atoms with Gasteiger partial charge in [-0.05, 0) is 42.6 Å². The lowest BCUT2D eigenvalue weighted by Crippen LogP contribution is -2.31. The molecule has 128 valence electrons. The molecule has 1 aliphatic heterocycles. The summed E-state index contributed by atoms with van der Waals surface area (Å²) in [7, 11) is 1.64. The van der Waals surface area contributed by atoms with Crippen molar-refractivity contribution in [2.45, 2.75) is 32.2 Å². The average molecular weight is 345 g/mol. The molecule has 0 unspecified atom stereocenters. The Morgan fingerprint density at radius 2 is 2.08 bits per heavy atom. The lowest BCUT2D eigenvalue weighted by atomic mass is 10.1. The number of ether oxygens (including phenoxy) is 1. The molecular formula is C18H23N3O2S. The van der Waals surface area contributed by atoms with Crippen LogP contribution in [-0.2, 0) is 6.54 Å². The molecule has 1 N–H and O–H groups in total. The van der Waals surface area contributed by atoms with E-state index in [0.717, 1.165) is 42.9 Å². The zero-order valence-electron chi connectivity index (χ0n) is 14.0. The molecule has 2 aromatic rings. The van der Waals surface area contributed by atoms with Crippen LogP contribution in [0.5, 0.6) is 5.75 Å². The number of nitrogens with one attached hydrogen (secondary N) is 1. The molecule has 2 heterocycles. The number of hydrogen-bond donors (Lipinski definition) is 1. The number of methoxy groups -OCH3 is 1. The van der Waals surface area contributed by atoms with Crippen LogP contribution in [0.4, 0.5) is 5.69 Å². The van der Waals surface area contributed by atoms with Crippen molar-refractivity contribution in [1.29, 1.82) is 0 Å². The van der Waals surface area contributed by atoms with Gasteiger partial charge in [0.25, 0.3) is 5.91 Å².